The molecule has 7 nitrogen and oxygen atoms in total. The molecule has 10 heteroatoms. The van der Waals surface area contributed by atoms with Crippen molar-refractivity contribution in [1.29, 1.82) is 0 Å². The number of aromatic amines is 1. The lowest BCUT2D eigenvalue weighted by molar-refractivity contribution is -0.137. The fourth-order valence-electron chi connectivity index (χ4n) is 3.48. The number of alkyl halides is 3. The van der Waals surface area contributed by atoms with Crippen LogP contribution in [0.3, 0.4) is 0 Å². The van der Waals surface area contributed by atoms with Gasteiger partial charge in [-0.05, 0) is 45.0 Å². The molecule has 1 aromatic carbocycles. The number of aromatic nitrogens is 5. The highest BCUT2D eigenvalue weighted by Gasteiger charge is 2.31. The summed E-state index contributed by atoms with van der Waals surface area (Å²) < 4.78 is 44.1. The lowest BCUT2D eigenvalue weighted by atomic mass is 9.95. The Morgan fingerprint density at radius 3 is 2.71 bits per heavy atom. The average Bonchev–Trinajstić information content (AvgIpc) is 3.39. The number of benzene rings is 1. The third-order valence-electron chi connectivity index (χ3n) is 5.14. The first-order chi connectivity index (χ1) is 13.4. The summed E-state index contributed by atoms with van der Waals surface area (Å²) in [7, 11) is 0. The number of piperidine rings is 1. The van der Waals surface area contributed by atoms with E-state index in [1.807, 2.05) is 6.92 Å². The number of hydrogen-bond acceptors (Lipinski definition) is 6. The summed E-state index contributed by atoms with van der Waals surface area (Å²) >= 11 is 0. The van der Waals surface area contributed by atoms with Crippen molar-refractivity contribution in [2.24, 2.45) is 0 Å². The first kappa shape index (κ1) is 18.6. The molecular weight excluding hydrogens is 373 g/mol. The van der Waals surface area contributed by atoms with Gasteiger partial charge in [0.2, 0.25) is 11.7 Å². The summed E-state index contributed by atoms with van der Waals surface area (Å²) in [6.45, 7) is 3.61. The molecule has 4 rings (SSSR count). The SMILES string of the molecule is C[C@@H](c1nc(-c2cccc(C(F)(F)F)c2)no1)N1CCC(c2ncn[nH]2)CC1. The van der Waals surface area contributed by atoms with E-state index in [0.29, 0.717) is 11.8 Å². The molecule has 1 aliphatic heterocycles. The molecule has 0 radical (unpaired) electrons. The van der Waals surface area contributed by atoms with E-state index in [0.717, 1.165) is 43.9 Å². The van der Waals surface area contributed by atoms with Gasteiger partial charge in [-0.3, -0.25) is 10.00 Å². The van der Waals surface area contributed by atoms with Crippen LogP contribution in [0.4, 0.5) is 13.2 Å². The molecule has 1 saturated heterocycles. The summed E-state index contributed by atoms with van der Waals surface area (Å²) in [6.07, 6.45) is -1.05. The molecule has 0 bridgehead atoms. The zero-order valence-electron chi connectivity index (χ0n) is 15.1. The topological polar surface area (TPSA) is 83.7 Å². The van der Waals surface area contributed by atoms with Gasteiger partial charge in [0, 0.05) is 11.5 Å². The second kappa shape index (κ2) is 7.34. The maximum absolute atomic E-state index is 12.9. The van der Waals surface area contributed by atoms with E-state index < -0.39 is 11.7 Å². The van der Waals surface area contributed by atoms with E-state index in [-0.39, 0.29) is 17.4 Å². The molecule has 0 amide bonds. The first-order valence-corrected chi connectivity index (χ1v) is 9.02. The average molecular weight is 392 g/mol. The van der Waals surface area contributed by atoms with Crippen molar-refractivity contribution in [3.05, 3.63) is 47.9 Å². The molecule has 148 valence electrons. The van der Waals surface area contributed by atoms with E-state index in [2.05, 4.69) is 30.2 Å². The summed E-state index contributed by atoms with van der Waals surface area (Å²) in [4.78, 5) is 10.8. The van der Waals surface area contributed by atoms with Crippen LogP contribution in [0, 0.1) is 0 Å². The molecule has 1 aliphatic rings. The lowest BCUT2D eigenvalue weighted by Crippen LogP contribution is -2.35. The van der Waals surface area contributed by atoms with Gasteiger partial charge in [-0.1, -0.05) is 17.3 Å². The highest BCUT2D eigenvalue weighted by Crippen LogP contribution is 2.33. The number of halogens is 3. The maximum Gasteiger partial charge on any atom is 0.416 e. The minimum atomic E-state index is -4.41. The third kappa shape index (κ3) is 3.77. The van der Waals surface area contributed by atoms with Crippen molar-refractivity contribution in [3.63, 3.8) is 0 Å². The Balaban J connectivity index is 1.44. The second-order valence-corrected chi connectivity index (χ2v) is 6.89. The van der Waals surface area contributed by atoms with E-state index in [1.165, 1.54) is 18.5 Å². The van der Waals surface area contributed by atoms with Crippen LogP contribution in [0.25, 0.3) is 11.4 Å². The van der Waals surface area contributed by atoms with Crippen LogP contribution < -0.4 is 0 Å². The maximum atomic E-state index is 12.9. The van der Waals surface area contributed by atoms with E-state index in [1.54, 1.807) is 0 Å². The molecule has 0 unspecified atom stereocenters. The van der Waals surface area contributed by atoms with Crippen molar-refractivity contribution < 1.29 is 17.7 Å². The molecule has 2 aromatic heterocycles. The zero-order valence-corrected chi connectivity index (χ0v) is 15.1. The van der Waals surface area contributed by atoms with Crippen molar-refractivity contribution in [1.82, 2.24) is 30.2 Å². The molecule has 3 heterocycles. The highest BCUT2D eigenvalue weighted by atomic mass is 19.4. The van der Waals surface area contributed by atoms with Gasteiger partial charge in [-0.25, -0.2) is 4.98 Å². The van der Waals surface area contributed by atoms with Crippen LogP contribution in [-0.4, -0.2) is 43.3 Å². The van der Waals surface area contributed by atoms with Crippen LogP contribution in [-0.2, 0) is 6.18 Å². The van der Waals surface area contributed by atoms with E-state index >= 15 is 0 Å². The molecule has 1 N–H and O–H groups in total. The molecule has 1 fully saturated rings. The Bertz CT molecular complexity index is 916. The van der Waals surface area contributed by atoms with Gasteiger partial charge in [-0.15, -0.1) is 0 Å². The molecule has 28 heavy (non-hydrogen) atoms. The minimum Gasteiger partial charge on any atom is -0.337 e. The van der Waals surface area contributed by atoms with Crippen LogP contribution in [0.15, 0.2) is 35.1 Å². The first-order valence-electron chi connectivity index (χ1n) is 9.02. The summed E-state index contributed by atoms with van der Waals surface area (Å²) in [5.74, 6) is 1.79. The van der Waals surface area contributed by atoms with Gasteiger partial charge in [0.1, 0.15) is 12.2 Å². The monoisotopic (exact) mass is 392 g/mol. The number of nitrogens with one attached hydrogen (secondary N) is 1. The van der Waals surface area contributed by atoms with E-state index in [4.69, 9.17) is 4.52 Å². The summed E-state index contributed by atoms with van der Waals surface area (Å²) in [5.41, 5.74) is -0.458. The lowest BCUT2D eigenvalue weighted by Gasteiger charge is -2.33. The molecule has 3 aromatic rings. The third-order valence-corrected chi connectivity index (χ3v) is 5.14. The van der Waals surface area contributed by atoms with Crippen LogP contribution in [0.2, 0.25) is 0 Å². The van der Waals surface area contributed by atoms with Crippen LogP contribution in [0.1, 0.15) is 49.0 Å². The van der Waals surface area contributed by atoms with Crippen molar-refractivity contribution in [3.8, 4) is 11.4 Å². The standard InChI is InChI=1S/C18H19F3N6O/c1-11(27-7-5-12(6-8-27)15-22-10-23-25-15)17-24-16(26-28-17)13-3-2-4-14(9-13)18(19,20)21/h2-4,9-12H,5-8H2,1H3,(H,22,23,25)/t11-/m0/s1. The van der Waals surface area contributed by atoms with Crippen molar-refractivity contribution in [2.75, 3.05) is 13.1 Å². The fourth-order valence-corrected chi connectivity index (χ4v) is 3.48. The number of nitrogens with zero attached hydrogens (tertiary/aromatic N) is 5. The van der Waals surface area contributed by atoms with Crippen molar-refractivity contribution >= 4 is 0 Å². The Labute approximate surface area is 159 Å². The minimum absolute atomic E-state index is 0.122. The number of rotatable bonds is 4. The Morgan fingerprint density at radius 2 is 2.04 bits per heavy atom. The quantitative estimate of drug-likeness (QED) is 0.727. The number of likely N-dealkylation sites (tertiary alicyclic amines) is 1. The Morgan fingerprint density at radius 1 is 1.25 bits per heavy atom. The predicted octanol–water partition coefficient (Wildman–Crippen LogP) is 3.81. The molecule has 0 saturated carbocycles. The van der Waals surface area contributed by atoms with Crippen LogP contribution in [0.5, 0.6) is 0 Å². The van der Waals surface area contributed by atoms with Crippen LogP contribution >= 0.6 is 0 Å². The number of H-pyrrole nitrogens is 1. The molecular formula is C18H19F3N6O. The van der Waals surface area contributed by atoms with Gasteiger partial charge >= 0.3 is 6.18 Å². The smallest absolute Gasteiger partial charge is 0.337 e. The zero-order chi connectivity index (χ0) is 19.7. The predicted molar refractivity (Wildman–Crippen MR) is 93.1 cm³/mol. The molecule has 0 spiro atoms. The Kier molecular flexibility index (Phi) is 4.88. The van der Waals surface area contributed by atoms with Gasteiger partial charge in [0.05, 0.1) is 11.6 Å². The summed E-state index contributed by atoms with van der Waals surface area (Å²) in [5, 5.41) is 10.7. The van der Waals surface area contributed by atoms with Gasteiger partial charge in [0.15, 0.2) is 0 Å². The largest absolute Gasteiger partial charge is 0.416 e. The summed E-state index contributed by atoms with van der Waals surface area (Å²) in [6, 6.07) is 4.81. The van der Waals surface area contributed by atoms with E-state index in [9.17, 15) is 13.2 Å². The highest BCUT2D eigenvalue weighted by molar-refractivity contribution is 5.55. The van der Waals surface area contributed by atoms with Crippen molar-refractivity contribution in [2.45, 2.75) is 37.9 Å². The fraction of sp³-hybridized carbons (Fsp3) is 0.444. The molecule has 0 aliphatic carbocycles. The normalized spacial score (nSPS) is 17.7. The van der Waals surface area contributed by atoms with Gasteiger partial charge in [-0.2, -0.15) is 23.3 Å². The van der Waals surface area contributed by atoms with Gasteiger partial charge < -0.3 is 4.52 Å². The Hall–Kier alpha value is -2.75. The van der Waals surface area contributed by atoms with Gasteiger partial charge in [0.25, 0.3) is 0 Å². The number of hydrogen-bond donors (Lipinski definition) is 1. The molecule has 1 atom stereocenters. The second-order valence-electron chi connectivity index (χ2n) is 6.89.